The summed E-state index contributed by atoms with van der Waals surface area (Å²) in [6, 6.07) is 6.01. The van der Waals surface area contributed by atoms with Gasteiger partial charge in [-0.25, -0.2) is 4.39 Å². The highest BCUT2D eigenvalue weighted by molar-refractivity contribution is 9.10. The van der Waals surface area contributed by atoms with Crippen LogP contribution in [0, 0.1) is 11.7 Å². The van der Waals surface area contributed by atoms with Crippen molar-refractivity contribution in [2.75, 3.05) is 19.8 Å². The molecule has 21 heavy (non-hydrogen) atoms. The van der Waals surface area contributed by atoms with E-state index in [1.54, 1.807) is 6.07 Å². The van der Waals surface area contributed by atoms with Gasteiger partial charge in [-0.2, -0.15) is 0 Å². The van der Waals surface area contributed by atoms with Crippen LogP contribution in [-0.4, -0.2) is 31.8 Å². The van der Waals surface area contributed by atoms with Crippen molar-refractivity contribution in [1.82, 2.24) is 10.6 Å². The molecule has 116 valence electrons. The highest BCUT2D eigenvalue weighted by atomic mass is 79.9. The van der Waals surface area contributed by atoms with Crippen LogP contribution in [0.4, 0.5) is 4.39 Å². The molecule has 0 radical (unpaired) electrons. The molecule has 2 aliphatic rings. The van der Waals surface area contributed by atoms with Crippen LogP contribution < -0.4 is 10.6 Å². The van der Waals surface area contributed by atoms with E-state index in [2.05, 4.69) is 26.6 Å². The predicted octanol–water partition coefficient (Wildman–Crippen LogP) is 2.83. The monoisotopic (exact) mass is 356 g/mol. The van der Waals surface area contributed by atoms with Crippen LogP contribution in [0.1, 0.15) is 24.8 Å². The summed E-state index contributed by atoms with van der Waals surface area (Å²) in [7, 11) is 0. The van der Waals surface area contributed by atoms with Gasteiger partial charge in [0.25, 0.3) is 0 Å². The standard InChI is InChI=1S/C16H22BrFN2O/c17-12-6-11(7-13(18)8-12)9-20-15-3-1-2-14(15)16-10-21-5-4-19-16/h6-8,14-16,19-20H,1-5,9-10H2. The molecule has 3 nitrogen and oxygen atoms in total. The first kappa shape index (κ1) is 15.4. The van der Waals surface area contributed by atoms with Crippen molar-refractivity contribution in [3.8, 4) is 0 Å². The molecule has 0 spiro atoms. The summed E-state index contributed by atoms with van der Waals surface area (Å²) in [6.07, 6.45) is 3.69. The molecular weight excluding hydrogens is 335 g/mol. The largest absolute Gasteiger partial charge is 0.379 e. The second-order valence-electron chi connectivity index (χ2n) is 6.00. The molecule has 0 aromatic heterocycles. The van der Waals surface area contributed by atoms with Crippen LogP contribution in [0.25, 0.3) is 0 Å². The van der Waals surface area contributed by atoms with Gasteiger partial charge in [-0.05, 0) is 42.5 Å². The van der Waals surface area contributed by atoms with E-state index >= 15 is 0 Å². The first-order valence-electron chi connectivity index (χ1n) is 7.72. The zero-order valence-corrected chi connectivity index (χ0v) is 13.7. The number of benzene rings is 1. The Morgan fingerprint density at radius 2 is 2.24 bits per heavy atom. The minimum atomic E-state index is -0.188. The number of ether oxygens (including phenoxy) is 1. The molecule has 5 heteroatoms. The third-order valence-corrected chi connectivity index (χ3v) is 4.99. The zero-order chi connectivity index (χ0) is 14.7. The lowest BCUT2D eigenvalue weighted by Crippen LogP contribution is -2.50. The number of hydrogen-bond acceptors (Lipinski definition) is 3. The fourth-order valence-corrected chi connectivity index (χ4v) is 4.06. The van der Waals surface area contributed by atoms with Gasteiger partial charge in [-0.1, -0.05) is 22.4 Å². The fraction of sp³-hybridized carbons (Fsp3) is 0.625. The lowest BCUT2D eigenvalue weighted by Gasteiger charge is -2.33. The Kier molecular flexibility index (Phi) is 5.27. The maximum absolute atomic E-state index is 13.4. The lowest BCUT2D eigenvalue weighted by molar-refractivity contribution is 0.0524. The van der Waals surface area contributed by atoms with Crippen molar-refractivity contribution in [2.24, 2.45) is 5.92 Å². The van der Waals surface area contributed by atoms with E-state index in [0.29, 0.717) is 24.5 Å². The number of rotatable bonds is 4. The van der Waals surface area contributed by atoms with Gasteiger partial charge >= 0.3 is 0 Å². The number of morpholine rings is 1. The van der Waals surface area contributed by atoms with Gasteiger partial charge in [0.2, 0.25) is 0 Å². The third kappa shape index (κ3) is 4.03. The maximum Gasteiger partial charge on any atom is 0.124 e. The Morgan fingerprint density at radius 1 is 1.33 bits per heavy atom. The molecule has 2 N–H and O–H groups in total. The van der Waals surface area contributed by atoms with Crippen molar-refractivity contribution in [3.63, 3.8) is 0 Å². The Bertz CT molecular complexity index is 459. The van der Waals surface area contributed by atoms with Gasteiger partial charge in [0.15, 0.2) is 0 Å². The second-order valence-corrected chi connectivity index (χ2v) is 6.91. The molecular formula is C16H22BrFN2O. The summed E-state index contributed by atoms with van der Waals surface area (Å²) in [5.41, 5.74) is 0.986. The molecule has 0 amide bonds. The molecule has 1 heterocycles. The smallest absolute Gasteiger partial charge is 0.124 e. The summed E-state index contributed by atoms with van der Waals surface area (Å²) in [5, 5.41) is 7.19. The summed E-state index contributed by atoms with van der Waals surface area (Å²) < 4.78 is 19.8. The van der Waals surface area contributed by atoms with E-state index in [0.717, 1.165) is 29.8 Å². The molecule has 0 bridgehead atoms. The van der Waals surface area contributed by atoms with Crippen molar-refractivity contribution in [3.05, 3.63) is 34.1 Å². The Morgan fingerprint density at radius 3 is 3.00 bits per heavy atom. The average molecular weight is 357 g/mol. The Balaban J connectivity index is 1.58. The van der Waals surface area contributed by atoms with Crippen LogP contribution in [-0.2, 0) is 11.3 Å². The number of hydrogen-bond donors (Lipinski definition) is 2. The normalized spacial score (nSPS) is 29.7. The van der Waals surface area contributed by atoms with Gasteiger partial charge in [0.05, 0.1) is 13.2 Å². The van der Waals surface area contributed by atoms with E-state index in [9.17, 15) is 4.39 Å². The summed E-state index contributed by atoms with van der Waals surface area (Å²) in [5.74, 6) is 0.425. The average Bonchev–Trinajstić information content (AvgIpc) is 2.93. The van der Waals surface area contributed by atoms with E-state index in [4.69, 9.17) is 4.74 Å². The maximum atomic E-state index is 13.4. The summed E-state index contributed by atoms with van der Waals surface area (Å²) in [4.78, 5) is 0. The molecule has 1 aromatic rings. The number of halogens is 2. The van der Waals surface area contributed by atoms with Gasteiger partial charge in [0, 0.05) is 29.6 Å². The lowest BCUT2D eigenvalue weighted by atomic mass is 9.94. The molecule has 2 fully saturated rings. The van der Waals surface area contributed by atoms with Crippen LogP contribution in [0.2, 0.25) is 0 Å². The van der Waals surface area contributed by atoms with Crippen LogP contribution >= 0.6 is 15.9 Å². The second kappa shape index (κ2) is 7.18. The van der Waals surface area contributed by atoms with Crippen molar-refractivity contribution < 1.29 is 9.13 Å². The highest BCUT2D eigenvalue weighted by Gasteiger charge is 2.34. The van der Waals surface area contributed by atoms with Gasteiger partial charge in [-0.3, -0.25) is 0 Å². The molecule has 1 aliphatic carbocycles. The highest BCUT2D eigenvalue weighted by Crippen LogP contribution is 2.29. The minimum absolute atomic E-state index is 0.188. The van der Waals surface area contributed by atoms with Gasteiger partial charge in [-0.15, -0.1) is 0 Å². The van der Waals surface area contributed by atoms with Crippen molar-refractivity contribution in [2.45, 2.75) is 37.9 Å². The predicted molar refractivity (Wildman–Crippen MR) is 84.7 cm³/mol. The molecule has 3 unspecified atom stereocenters. The minimum Gasteiger partial charge on any atom is -0.379 e. The first-order chi connectivity index (χ1) is 10.2. The van der Waals surface area contributed by atoms with Crippen molar-refractivity contribution in [1.29, 1.82) is 0 Å². The van der Waals surface area contributed by atoms with Crippen LogP contribution in [0.3, 0.4) is 0 Å². The topological polar surface area (TPSA) is 33.3 Å². The first-order valence-corrected chi connectivity index (χ1v) is 8.51. The zero-order valence-electron chi connectivity index (χ0n) is 12.1. The summed E-state index contributed by atoms with van der Waals surface area (Å²) >= 11 is 3.35. The number of nitrogens with one attached hydrogen (secondary N) is 2. The Hall–Kier alpha value is -0.490. The Labute approximate surface area is 133 Å². The molecule has 1 aromatic carbocycles. The quantitative estimate of drug-likeness (QED) is 0.870. The third-order valence-electron chi connectivity index (χ3n) is 4.53. The van der Waals surface area contributed by atoms with Gasteiger partial charge in [0.1, 0.15) is 5.82 Å². The molecule has 1 saturated heterocycles. The summed E-state index contributed by atoms with van der Waals surface area (Å²) in [6.45, 7) is 3.29. The van der Waals surface area contributed by atoms with E-state index in [1.165, 1.54) is 25.3 Å². The van der Waals surface area contributed by atoms with Crippen LogP contribution in [0.5, 0.6) is 0 Å². The van der Waals surface area contributed by atoms with Gasteiger partial charge < -0.3 is 15.4 Å². The molecule has 3 atom stereocenters. The van der Waals surface area contributed by atoms with E-state index in [1.807, 2.05) is 6.07 Å². The van der Waals surface area contributed by atoms with Crippen molar-refractivity contribution >= 4 is 15.9 Å². The molecule has 1 aliphatic heterocycles. The molecule has 1 saturated carbocycles. The van der Waals surface area contributed by atoms with E-state index in [-0.39, 0.29) is 5.82 Å². The SMILES string of the molecule is Fc1cc(Br)cc(CNC2CCCC2C2COCCN2)c1. The fourth-order valence-electron chi connectivity index (χ4n) is 3.55. The van der Waals surface area contributed by atoms with E-state index < -0.39 is 0 Å². The molecule has 3 rings (SSSR count). The van der Waals surface area contributed by atoms with Crippen LogP contribution in [0.15, 0.2) is 22.7 Å².